The van der Waals surface area contributed by atoms with Gasteiger partial charge in [-0.25, -0.2) is 0 Å². The van der Waals surface area contributed by atoms with Crippen LogP contribution >= 0.6 is 22.9 Å². The summed E-state index contributed by atoms with van der Waals surface area (Å²) in [4.78, 5) is 1.29. The maximum atomic E-state index is 8.71. The van der Waals surface area contributed by atoms with Crippen molar-refractivity contribution >= 4 is 22.9 Å². The molecule has 0 fully saturated rings. The van der Waals surface area contributed by atoms with E-state index in [-0.39, 0.29) is 0 Å². The van der Waals surface area contributed by atoms with Crippen molar-refractivity contribution in [2.75, 3.05) is 6.61 Å². The van der Waals surface area contributed by atoms with E-state index in [0.717, 1.165) is 6.42 Å². The third-order valence-corrected chi connectivity index (χ3v) is 3.48. The number of nitriles is 1. The molecule has 0 amide bonds. The van der Waals surface area contributed by atoms with Crippen molar-refractivity contribution in [1.82, 2.24) is 0 Å². The first-order valence-electron chi connectivity index (χ1n) is 5.14. The van der Waals surface area contributed by atoms with Gasteiger partial charge < -0.3 is 4.74 Å². The van der Waals surface area contributed by atoms with Gasteiger partial charge in [0, 0.05) is 11.3 Å². The molecule has 86 valence electrons. The first kappa shape index (κ1) is 12.0. The average Bonchev–Trinajstić information content (AvgIpc) is 2.84. The van der Waals surface area contributed by atoms with E-state index < -0.39 is 0 Å². The summed E-state index contributed by atoms with van der Waals surface area (Å²) in [7, 11) is 0. The SMILES string of the molecule is N#Cc1ccc(OCCc2cccs2)c(Cl)c1. The fourth-order valence-corrected chi connectivity index (χ4v) is 2.33. The topological polar surface area (TPSA) is 33.0 Å². The molecule has 0 spiro atoms. The molecule has 17 heavy (non-hydrogen) atoms. The number of thiophene rings is 1. The second-order valence-electron chi connectivity index (χ2n) is 3.43. The smallest absolute Gasteiger partial charge is 0.137 e. The fourth-order valence-electron chi connectivity index (χ4n) is 1.40. The van der Waals surface area contributed by atoms with Crippen LogP contribution in [-0.4, -0.2) is 6.61 Å². The molecule has 2 nitrogen and oxygen atoms in total. The van der Waals surface area contributed by atoms with Crippen molar-refractivity contribution in [2.24, 2.45) is 0 Å². The van der Waals surface area contributed by atoms with E-state index in [2.05, 4.69) is 6.07 Å². The van der Waals surface area contributed by atoms with Crippen LogP contribution in [0.4, 0.5) is 0 Å². The number of rotatable bonds is 4. The molecule has 0 unspecified atom stereocenters. The van der Waals surface area contributed by atoms with E-state index in [9.17, 15) is 0 Å². The molecule has 0 radical (unpaired) electrons. The highest BCUT2D eigenvalue weighted by atomic mass is 35.5. The highest BCUT2D eigenvalue weighted by molar-refractivity contribution is 7.09. The van der Waals surface area contributed by atoms with Crippen LogP contribution in [0.2, 0.25) is 5.02 Å². The summed E-state index contributed by atoms with van der Waals surface area (Å²) in [5, 5.41) is 11.2. The van der Waals surface area contributed by atoms with Crippen LogP contribution in [0.25, 0.3) is 0 Å². The van der Waals surface area contributed by atoms with Crippen molar-refractivity contribution in [3.8, 4) is 11.8 Å². The summed E-state index contributed by atoms with van der Waals surface area (Å²) < 4.78 is 5.57. The summed E-state index contributed by atoms with van der Waals surface area (Å²) in [5.41, 5.74) is 0.542. The van der Waals surface area contributed by atoms with Gasteiger partial charge in [0.05, 0.1) is 23.3 Å². The van der Waals surface area contributed by atoms with Gasteiger partial charge in [-0.3, -0.25) is 0 Å². The molecular weight excluding hydrogens is 254 g/mol. The average molecular weight is 264 g/mol. The number of hydrogen-bond donors (Lipinski definition) is 0. The molecule has 0 bridgehead atoms. The van der Waals surface area contributed by atoms with Gasteiger partial charge in [-0.05, 0) is 29.6 Å². The standard InChI is InChI=1S/C13H10ClNOS/c14-12-8-10(9-15)3-4-13(12)16-6-5-11-2-1-7-17-11/h1-4,7-8H,5-6H2. The molecule has 1 heterocycles. The Bertz CT molecular complexity index is 531. The highest BCUT2D eigenvalue weighted by Gasteiger charge is 2.03. The van der Waals surface area contributed by atoms with E-state index in [1.54, 1.807) is 29.5 Å². The van der Waals surface area contributed by atoms with Crippen molar-refractivity contribution in [1.29, 1.82) is 5.26 Å². The Hall–Kier alpha value is -1.50. The van der Waals surface area contributed by atoms with Gasteiger partial charge in [0.25, 0.3) is 0 Å². The van der Waals surface area contributed by atoms with E-state index in [1.807, 2.05) is 17.5 Å². The monoisotopic (exact) mass is 263 g/mol. The Morgan fingerprint density at radius 2 is 2.24 bits per heavy atom. The summed E-state index contributed by atoms with van der Waals surface area (Å²) >= 11 is 7.71. The Morgan fingerprint density at radius 3 is 2.88 bits per heavy atom. The molecule has 0 saturated carbocycles. The van der Waals surface area contributed by atoms with Crippen LogP contribution in [0.15, 0.2) is 35.7 Å². The maximum Gasteiger partial charge on any atom is 0.137 e. The quantitative estimate of drug-likeness (QED) is 0.838. The minimum Gasteiger partial charge on any atom is -0.492 e. The molecule has 0 atom stereocenters. The van der Waals surface area contributed by atoms with Crippen molar-refractivity contribution in [2.45, 2.75) is 6.42 Å². The molecule has 0 aliphatic rings. The van der Waals surface area contributed by atoms with E-state index >= 15 is 0 Å². The van der Waals surface area contributed by atoms with E-state index in [1.165, 1.54) is 4.88 Å². The van der Waals surface area contributed by atoms with Crippen molar-refractivity contribution in [3.63, 3.8) is 0 Å². The summed E-state index contributed by atoms with van der Waals surface area (Å²) in [6.07, 6.45) is 0.869. The Morgan fingerprint density at radius 1 is 1.35 bits per heavy atom. The number of nitrogens with zero attached hydrogens (tertiary/aromatic N) is 1. The zero-order valence-corrected chi connectivity index (χ0v) is 10.6. The minimum atomic E-state index is 0.482. The lowest BCUT2D eigenvalue weighted by Crippen LogP contribution is -2.00. The van der Waals surface area contributed by atoms with E-state index in [4.69, 9.17) is 21.6 Å². The predicted octanol–water partition coefficient (Wildman–Crippen LogP) is 3.89. The summed E-state index contributed by atoms with van der Waals surface area (Å²) in [6, 6.07) is 11.2. The zero-order chi connectivity index (χ0) is 12.1. The lowest BCUT2D eigenvalue weighted by Gasteiger charge is -2.07. The van der Waals surface area contributed by atoms with Gasteiger partial charge in [0.1, 0.15) is 5.75 Å². The van der Waals surface area contributed by atoms with Gasteiger partial charge in [0.2, 0.25) is 0 Å². The Labute approximate surface area is 109 Å². The van der Waals surface area contributed by atoms with Crippen LogP contribution in [0.5, 0.6) is 5.75 Å². The summed E-state index contributed by atoms with van der Waals surface area (Å²) in [5.74, 6) is 0.627. The molecule has 2 aromatic rings. The van der Waals surface area contributed by atoms with Gasteiger partial charge in [0.15, 0.2) is 0 Å². The molecule has 0 N–H and O–H groups in total. The van der Waals surface area contributed by atoms with Crippen molar-refractivity contribution < 1.29 is 4.74 Å². The van der Waals surface area contributed by atoms with Gasteiger partial charge >= 0.3 is 0 Å². The number of halogens is 1. The molecule has 1 aromatic heterocycles. The Kier molecular flexibility index (Phi) is 4.03. The van der Waals surface area contributed by atoms with Crippen LogP contribution < -0.4 is 4.74 Å². The highest BCUT2D eigenvalue weighted by Crippen LogP contribution is 2.25. The molecule has 1 aromatic carbocycles. The number of ether oxygens (including phenoxy) is 1. The maximum absolute atomic E-state index is 8.71. The zero-order valence-electron chi connectivity index (χ0n) is 9.02. The summed E-state index contributed by atoms with van der Waals surface area (Å²) in [6.45, 7) is 0.589. The number of hydrogen-bond acceptors (Lipinski definition) is 3. The minimum absolute atomic E-state index is 0.482. The third-order valence-electron chi connectivity index (χ3n) is 2.25. The van der Waals surface area contributed by atoms with Gasteiger partial charge in [-0.1, -0.05) is 17.7 Å². The normalized spacial score (nSPS) is 9.88. The van der Waals surface area contributed by atoms with Gasteiger partial charge in [-0.2, -0.15) is 5.26 Å². The van der Waals surface area contributed by atoms with Gasteiger partial charge in [-0.15, -0.1) is 11.3 Å². The largest absolute Gasteiger partial charge is 0.492 e. The van der Waals surface area contributed by atoms with Crippen LogP contribution in [0.3, 0.4) is 0 Å². The number of benzene rings is 1. The molecule has 0 saturated heterocycles. The first-order valence-corrected chi connectivity index (χ1v) is 6.40. The fraction of sp³-hybridized carbons (Fsp3) is 0.154. The lowest BCUT2D eigenvalue weighted by atomic mass is 10.2. The van der Waals surface area contributed by atoms with E-state index in [0.29, 0.717) is 22.9 Å². The Balaban J connectivity index is 1.93. The second-order valence-corrected chi connectivity index (χ2v) is 4.87. The first-order chi connectivity index (χ1) is 8.29. The molecular formula is C13H10ClNOS. The van der Waals surface area contributed by atoms with Crippen molar-refractivity contribution in [3.05, 3.63) is 51.2 Å². The molecule has 0 aliphatic carbocycles. The van der Waals surface area contributed by atoms with Crippen LogP contribution in [0, 0.1) is 11.3 Å². The second kappa shape index (κ2) is 5.72. The van der Waals surface area contributed by atoms with Crippen LogP contribution in [-0.2, 0) is 6.42 Å². The lowest BCUT2D eigenvalue weighted by molar-refractivity contribution is 0.323. The predicted molar refractivity (Wildman–Crippen MR) is 69.7 cm³/mol. The van der Waals surface area contributed by atoms with Crippen LogP contribution in [0.1, 0.15) is 10.4 Å². The third kappa shape index (κ3) is 3.23. The molecule has 2 rings (SSSR count). The molecule has 0 aliphatic heterocycles. The molecule has 4 heteroatoms.